The molecule has 1 aliphatic heterocycles. The number of carbonyl (C=O) groups excluding carboxylic acids is 1. The molecule has 1 aliphatic carbocycles. The van der Waals surface area contributed by atoms with Crippen molar-refractivity contribution < 1.29 is 14.6 Å². The van der Waals surface area contributed by atoms with Crippen molar-refractivity contribution in [2.24, 2.45) is 5.41 Å². The molecule has 1 aromatic rings. The van der Waals surface area contributed by atoms with E-state index in [1.54, 1.807) is 0 Å². The van der Waals surface area contributed by atoms with Crippen molar-refractivity contribution in [3.63, 3.8) is 0 Å². The average Bonchev–Trinajstić information content (AvgIpc) is 2.56. The van der Waals surface area contributed by atoms with Crippen molar-refractivity contribution in [3.05, 3.63) is 29.8 Å². The highest BCUT2D eigenvalue weighted by molar-refractivity contribution is 5.74. The zero-order valence-corrected chi connectivity index (χ0v) is 13.7. The molecule has 3 N–H and O–H groups in total. The van der Waals surface area contributed by atoms with Crippen LogP contribution in [0.2, 0.25) is 0 Å². The Labute approximate surface area is 137 Å². The standard InChI is InChI=1S/C18H26N2O3/c1-18(9-5-4-8-16(18)21)12-19-17(22)20-14-10-13-6-2-3-7-15(13)23-11-14/h2-3,6-7,14,16,21H,4-5,8-12H2,1H3,(H2,19,20,22). The largest absolute Gasteiger partial charge is 0.491 e. The highest BCUT2D eigenvalue weighted by Crippen LogP contribution is 2.35. The lowest BCUT2D eigenvalue weighted by Gasteiger charge is -2.38. The minimum Gasteiger partial charge on any atom is -0.491 e. The van der Waals surface area contributed by atoms with Gasteiger partial charge < -0.3 is 20.5 Å². The molecule has 5 nitrogen and oxygen atoms in total. The molecule has 2 amide bonds. The van der Waals surface area contributed by atoms with Gasteiger partial charge in [-0.05, 0) is 30.9 Å². The van der Waals surface area contributed by atoms with Gasteiger partial charge in [-0.15, -0.1) is 0 Å². The number of aliphatic hydroxyl groups is 1. The van der Waals surface area contributed by atoms with E-state index in [1.807, 2.05) is 24.3 Å². The Balaban J connectivity index is 1.49. The van der Waals surface area contributed by atoms with Crippen molar-refractivity contribution >= 4 is 6.03 Å². The minimum atomic E-state index is -0.332. The van der Waals surface area contributed by atoms with Crippen molar-refractivity contribution in [3.8, 4) is 5.75 Å². The highest BCUT2D eigenvalue weighted by atomic mass is 16.5. The number of urea groups is 1. The minimum absolute atomic E-state index is 0.0195. The highest BCUT2D eigenvalue weighted by Gasteiger charge is 2.35. The number of aliphatic hydroxyl groups excluding tert-OH is 1. The summed E-state index contributed by atoms with van der Waals surface area (Å²) in [5.41, 5.74) is 0.907. The third kappa shape index (κ3) is 3.78. The van der Waals surface area contributed by atoms with E-state index in [1.165, 1.54) is 0 Å². The van der Waals surface area contributed by atoms with E-state index in [4.69, 9.17) is 4.74 Å². The van der Waals surface area contributed by atoms with Crippen LogP contribution in [0.15, 0.2) is 24.3 Å². The third-order valence-electron chi connectivity index (χ3n) is 5.15. The molecule has 3 atom stereocenters. The number of benzene rings is 1. The van der Waals surface area contributed by atoms with Crippen molar-refractivity contribution in [1.82, 2.24) is 10.6 Å². The Hall–Kier alpha value is -1.75. The van der Waals surface area contributed by atoms with Crippen LogP contribution in [0, 0.1) is 5.41 Å². The zero-order valence-electron chi connectivity index (χ0n) is 13.7. The van der Waals surface area contributed by atoms with Gasteiger partial charge in [0.2, 0.25) is 0 Å². The fraction of sp³-hybridized carbons (Fsp3) is 0.611. The Morgan fingerprint density at radius 1 is 1.39 bits per heavy atom. The molecule has 2 aliphatic rings. The topological polar surface area (TPSA) is 70.6 Å². The van der Waals surface area contributed by atoms with Gasteiger partial charge >= 0.3 is 6.03 Å². The van der Waals surface area contributed by atoms with Gasteiger partial charge in [-0.1, -0.05) is 38.0 Å². The second-order valence-corrected chi connectivity index (χ2v) is 7.06. The lowest BCUT2D eigenvalue weighted by molar-refractivity contribution is 0.00301. The van der Waals surface area contributed by atoms with Crippen LogP contribution in [0.5, 0.6) is 5.75 Å². The van der Waals surface area contributed by atoms with Crippen LogP contribution in [0.25, 0.3) is 0 Å². The molecule has 0 spiro atoms. The fourth-order valence-corrected chi connectivity index (χ4v) is 3.53. The van der Waals surface area contributed by atoms with Crippen molar-refractivity contribution in [2.45, 2.75) is 51.2 Å². The third-order valence-corrected chi connectivity index (χ3v) is 5.15. The molecule has 5 heteroatoms. The SMILES string of the molecule is CC1(CNC(=O)NC2COc3ccccc3C2)CCCCC1O. The summed E-state index contributed by atoms with van der Waals surface area (Å²) in [5, 5.41) is 16.1. The van der Waals surface area contributed by atoms with E-state index in [9.17, 15) is 9.90 Å². The molecular weight excluding hydrogens is 292 g/mol. The second kappa shape index (κ2) is 6.79. The summed E-state index contributed by atoms with van der Waals surface area (Å²) in [7, 11) is 0. The van der Waals surface area contributed by atoms with Crippen molar-refractivity contribution in [2.75, 3.05) is 13.2 Å². The van der Waals surface area contributed by atoms with E-state index in [-0.39, 0.29) is 23.6 Å². The number of hydrogen-bond acceptors (Lipinski definition) is 3. The molecule has 0 bridgehead atoms. The number of rotatable bonds is 3. The van der Waals surface area contributed by atoms with Crippen LogP contribution < -0.4 is 15.4 Å². The van der Waals surface area contributed by atoms with Gasteiger partial charge in [0.25, 0.3) is 0 Å². The van der Waals surface area contributed by atoms with Crippen LogP contribution >= 0.6 is 0 Å². The Kier molecular flexibility index (Phi) is 4.76. The van der Waals surface area contributed by atoms with Gasteiger partial charge in [0.1, 0.15) is 12.4 Å². The molecule has 1 fully saturated rings. The number of ether oxygens (including phenoxy) is 1. The molecule has 0 saturated heterocycles. The number of nitrogens with one attached hydrogen (secondary N) is 2. The normalized spacial score (nSPS) is 30.0. The Morgan fingerprint density at radius 3 is 3.04 bits per heavy atom. The zero-order chi connectivity index (χ0) is 16.3. The monoisotopic (exact) mass is 318 g/mol. The molecule has 126 valence electrons. The fourth-order valence-electron chi connectivity index (χ4n) is 3.53. The lowest BCUT2D eigenvalue weighted by atomic mass is 9.73. The number of fused-ring (bicyclic) bond motifs is 1. The first-order valence-corrected chi connectivity index (χ1v) is 8.50. The number of amides is 2. The Bertz CT molecular complexity index is 563. The van der Waals surface area contributed by atoms with E-state index >= 15 is 0 Å². The van der Waals surface area contributed by atoms with E-state index in [0.717, 1.165) is 43.4 Å². The predicted octanol–water partition coefficient (Wildman–Crippen LogP) is 2.23. The van der Waals surface area contributed by atoms with Crippen LogP contribution in [0.4, 0.5) is 4.79 Å². The first-order valence-electron chi connectivity index (χ1n) is 8.50. The predicted molar refractivity (Wildman–Crippen MR) is 88.5 cm³/mol. The number of carbonyl (C=O) groups is 1. The summed E-state index contributed by atoms with van der Waals surface area (Å²) >= 11 is 0. The van der Waals surface area contributed by atoms with Crippen LogP contribution in [-0.4, -0.2) is 36.4 Å². The van der Waals surface area contributed by atoms with Crippen LogP contribution in [0.1, 0.15) is 38.2 Å². The van der Waals surface area contributed by atoms with E-state index in [2.05, 4.69) is 17.6 Å². The van der Waals surface area contributed by atoms with Crippen molar-refractivity contribution in [1.29, 1.82) is 0 Å². The summed E-state index contributed by atoms with van der Waals surface area (Å²) in [4.78, 5) is 12.2. The second-order valence-electron chi connectivity index (χ2n) is 7.06. The lowest BCUT2D eigenvalue weighted by Crippen LogP contribution is -2.51. The van der Waals surface area contributed by atoms with Gasteiger partial charge in [-0.2, -0.15) is 0 Å². The summed E-state index contributed by atoms with van der Waals surface area (Å²) in [6, 6.07) is 7.72. The Morgan fingerprint density at radius 2 is 2.22 bits per heavy atom. The smallest absolute Gasteiger partial charge is 0.315 e. The van der Waals surface area contributed by atoms with Gasteiger partial charge in [0.15, 0.2) is 0 Å². The quantitative estimate of drug-likeness (QED) is 0.800. The summed E-state index contributed by atoms with van der Waals surface area (Å²) in [6.45, 7) is 3.05. The molecule has 1 heterocycles. The van der Waals surface area contributed by atoms with E-state index < -0.39 is 0 Å². The molecule has 0 radical (unpaired) electrons. The molecule has 3 rings (SSSR count). The molecule has 3 unspecified atom stereocenters. The average molecular weight is 318 g/mol. The first kappa shape index (κ1) is 16.1. The van der Waals surface area contributed by atoms with Crippen LogP contribution in [-0.2, 0) is 6.42 Å². The van der Waals surface area contributed by atoms with Gasteiger partial charge in [-0.3, -0.25) is 0 Å². The summed E-state index contributed by atoms with van der Waals surface area (Å²) in [5.74, 6) is 0.906. The molecule has 1 aromatic carbocycles. The van der Waals surface area contributed by atoms with Gasteiger partial charge in [0, 0.05) is 12.0 Å². The first-order chi connectivity index (χ1) is 11.1. The van der Waals surface area contributed by atoms with Gasteiger partial charge in [0.05, 0.1) is 12.1 Å². The maximum atomic E-state index is 12.2. The number of hydrogen-bond donors (Lipinski definition) is 3. The van der Waals surface area contributed by atoms with Crippen LogP contribution in [0.3, 0.4) is 0 Å². The van der Waals surface area contributed by atoms with Gasteiger partial charge in [-0.25, -0.2) is 4.79 Å². The molecular formula is C18H26N2O3. The molecule has 23 heavy (non-hydrogen) atoms. The molecule has 0 aromatic heterocycles. The maximum Gasteiger partial charge on any atom is 0.315 e. The maximum absolute atomic E-state index is 12.2. The molecule has 1 saturated carbocycles. The summed E-state index contributed by atoms with van der Waals surface area (Å²) in [6.07, 6.45) is 4.41. The summed E-state index contributed by atoms with van der Waals surface area (Å²) < 4.78 is 5.69. The van der Waals surface area contributed by atoms with E-state index in [0.29, 0.717) is 13.2 Å². The number of para-hydroxylation sites is 1.